The second-order valence-electron chi connectivity index (χ2n) is 5.66. The second-order valence-corrected chi connectivity index (χ2v) is 6.09. The Morgan fingerprint density at radius 1 is 1.43 bits per heavy atom. The van der Waals surface area contributed by atoms with E-state index in [0.717, 1.165) is 12.2 Å². The lowest BCUT2D eigenvalue weighted by atomic mass is 10.2. The summed E-state index contributed by atoms with van der Waals surface area (Å²) in [5.74, 6) is 0.462. The van der Waals surface area contributed by atoms with Gasteiger partial charge in [-0.1, -0.05) is 31.5 Å². The quantitative estimate of drug-likeness (QED) is 0.870. The Kier molecular flexibility index (Phi) is 5.20. The van der Waals surface area contributed by atoms with Crippen LogP contribution in [0.3, 0.4) is 0 Å². The molecule has 6 heteroatoms. The van der Waals surface area contributed by atoms with Crippen molar-refractivity contribution in [1.82, 2.24) is 4.90 Å². The molecule has 0 atom stereocenters. The number of hydrogen-bond donors (Lipinski definition) is 1. The van der Waals surface area contributed by atoms with Crippen molar-refractivity contribution in [1.29, 1.82) is 0 Å². The van der Waals surface area contributed by atoms with Crippen molar-refractivity contribution in [3.05, 3.63) is 29.3 Å². The fourth-order valence-corrected chi connectivity index (χ4v) is 2.44. The van der Waals surface area contributed by atoms with E-state index in [1.807, 2.05) is 11.4 Å². The molecule has 21 heavy (non-hydrogen) atoms. The lowest BCUT2D eigenvalue weighted by molar-refractivity contribution is -0.649. The normalized spacial score (nSPS) is 15.1. The van der Waals surface area contributed by atoms with Crippen molar-refractivity contribution in [3.8, 4) is 0 Å². The molecule has 1 fully saturated rings. The van der Waals surface area contributed by atoms with Gasteiger partial charge in [-0.3, -0.25) is 14.5 Å². The summed E-state index contributed by atoms with van der Waals surface area (Å²) in [5.41, 5.74) is 0.731. The first-order valence-corrected chi connectivity index (χ1v) is 7.50. The van der Waals surface area contributed by atoms with Crippen LogP contribution in [0.2, 0.25) is 5.02 Å². The van der Waals surface area contributed by atoms with E-state index in [4.69, 9.17) is 11.6 Å². The Morgan fingerprint density at radius 3 is 2.86 bits per heavy atom. The summed E-state index contributed by atoms with van der Waals surface area (Å²) >= 11 is 5.94. The second kappa shape index (κ2) is 6.91. The maximum absolute atomic E-state index is 12.1. The van der Waals surface area contributed by atoms with Crippen LogP contribution in [0.5, 0.6) is 0 Å². The van der Waals surface area contributed by atoms with Crippen molar-refractivity contribution in [2.75, 3.05) is 31.2 Å². The molecule has 1 heterocycles. The summed E-state index contributed by atoms with van der Waals surface area (Å²) in [7, 11) is 0. The van der Waals surface area contributed by atoms with Crippen LogP contribution in [0.15, 0.2) is 24.3 Å². The van der Waals surface area contributed by atoms with Gasteiger partial charge in [0.05, 0.1) is 6.54 Å². The summed E-state index contributed by atoms with van der Waals surface area (Å²) in [6.45, 7) is 5.96. The molecule has 1 aliphatic rings. The number of carbonyl (C=O) groups excluding carboxylic acids is 2. The van der Waals surface area contributed by atoms with Gasteiger partial charge in [0, 0.05) is 16.6 Å². The summed E-state index contributed by atoms with van der Waals surface area (Å²) in [6, 6.07) is 7.11. The van der Waals surface area contributed by atoms with Crippen LogP contribution in [0.4, 0.5) is 5.69 Å². The van der Waals surface area contributed by atoms with Gasteiger partial charge < -0.3 is 10.2 Å². The van der Waals surface area contributed by atoms with Gasteiger partial charge in [-0.15, -0.1) is 0 Å². The first kappa shape index (κ1) is 15.8. The standard InChI is InChI=1S/C15H20ClN3O2/c1-11(2)7-17-8-14(20)18-9-15(21)19(10-18)13-5-3-4-12(16)6-13/h3-6,11,17H,7-10H2,1-2H3/p+1. The average Bonchev–Trinajstić information content (AvgIpc) is 2.80. The number of hydrogen-bond acceptors (Lipinski definition) is 2. The highest BCUT2D eigenvalue weighted by Gasteiger charge is 2.32. The molecule has 114 valence electrons. The zero-order valence-corrected chi connectivity index (χ0v) is 13.1. The van der Waals surface area contributed by atoms with E-state index in [1.165, 1.54) is 0 Å². The van der Waals surface area contributed by atoms with Crippen LogP contribution in [-0.2, 0) is 9.59 Å². The molecule has 1 aromatic carbocycles. The maximum atomic E-state index is 12.1. The minimum atomic E-state index is -0.0746. The van der Waals surface area contributed by atoms with Gasteiger partial charge in [-0.25, -0.2) is 0 Å². The van der Waals surface area contributed by atoms with Gasteiger partial charge in [0.25, 0.3) is 5.91 Å². The van der Waals surface area contributed by atoms with Crippen molar-refractivity contribution in [3.63, 3.8) is 0 Å². The highest BCUT2D eigenvalue weighted by Crippen LogP contribution is 2.22. The van der Waals surface area contributed by atoms with Crippen LogP contribution in [-0.4, -0.2) is 43.0 Å². The molecule has 1 aliphatic heterocycles. The lowest BCUT2D eigenvalue weighted by Gasteiger charge is -2.18. The van der Waals surface area contributed by atoms with E-state index >= 15 is 0 Å². The SMILES string of the molecule is CC(C)C[NH2+]CC(=O)N1CC(=O)N(c2cccc(Cl)c2)C1. The smallest absolute Gasteiger partial charge is 0.279 e. The Hall–Kier alpha value is -1.59. The van der Waals surface area contributed by atoms with Crippen LogP contribution in [0.1, 0.15) is 13.8 Å². The Bertz CT molecular complexity index is 533. The molecular formula is C15H21ClN3O2+. The highest BCUT2D eigenvalue weighted by atomic mass is 35.5. The van der Waals surface area contributed by atoms with Crippen LogP contribution >= 0.6 is 11.6 Å². The third-order valence-electron chi connectivity index (χ3n) is 3.37. The monoisotopic (exact) mass is 310 g/mol. The van der Waals surface area contributed by atoms with Gasteiger partial charge in [-0.2, -0.15) is 0 Å². The molecular weight excluding hydrogens is 290 g/mol. The van der Waals surface area contributed by atoms with Crippen molar-refractivity contribution in [2.45, 2.75) is 13.8 Å². The molecule has 0 spiro atoms. The number of nitrogens with two attached hydrogens (primary N) is 1. The number of carbonyl (C=O) groups is 2. The largest absolute Gasteiger partial charge is 0.338 e. The molecule has 5 nitrogen and oxygen atoms in total. The van der Waals surface area contributed by atoms with Gasteiger partial charge in [0.15, 0.2) is 6.54 Å². The molecule has 2 N–H and O–H groups in total. The molecule has 0 bridgehead atoms. The number of rotatable bonds is 5. The Morgan fingerprint density at radius 2 is 2.19 bits per heavy atom. The molecule has 0 unspecified atom stereocenters. The van der Waals surface area contributed by atoms with Crippen LogP contribution < -0.4 is 10.2 Å². The zero-order valence-electron chi connectivity index (χ0n) is 12.4. The molecule has 0 aromatic heterocycles. The molecule has 0 saturated carbocycles. The van der Waals surface area contributed by atoms with E-state index in [9.17, 15) is 9.59 Å². The number of nitrogens with zero attached hydrogens (tertiary/aromatic N) is 2. The van der Waals surface area contributed by atoms with E-state index in [-0.39, 0.29) is 18.4 Å². The first-order chi connectivity index (χ1) is 9.97. The summed E-state index contributed by atoms with van der Waals surface area (Å²) in [6.07, 6.45) is 0. The lowest BCUT2D eigenvalue weighted by Crippen LogP contribution is -2.87. The molecule has 1 saturated heterocycles. The Balaban J connectivity index is 1.94. The number of benzene rings is 1. The fraction of sp³-hybridized carbons (Fsp3) is 0.467. The highest BCUT2D eigenvalue weighted by molar-refractivity contribution is 6.30. The number of halogens is 1. The summed E-state index contributed by atoms with van der Waals surface area (Å²) in [4.78, 5) is 27.3. The van der Waals surface area contributed by atoms with Crippen molar-refractivity contribution in [2.24, 2.45) is 5.92 Å². The predicted molar refractivity (Wildman–Crippen MR) is 82.0 cm³/mol. The van der Waals surface area contributed by atoms with Gasteiger partial charge in [-0.05, 0) is 18.2 Å². The minimum absolute atomic E-state index is 0.00599. The minimum Gasteiger partial charge on any atom is -0.338 e. The fourth-order valence-electron chi connectivity index (χ4n) is 2.25. The average molecular weight is 311 g/mol. The first-order valence-electron chi connectivity index (χ1n) is 7.12. The third kappa shape index (κ3) is 4.19. The maximum Gasteiger partial charge on any atom is 0.279 e. The number of anilines is 1. The molecule has 1 aromatic rings. The van der Waals surface area contributed by atoms with Crippen LogP contribution in [0.25, 0.3) is 0 Å². The number of quaternary nitrogens is 1. The van der Waals surface area contributed by atoms with Crippen molar-refractivity contribution < 1.29 is 14.9 Å². The molecule has 0 radical (unpaired) electrons. The van der Waals surface area contributed by atoms with Gasteiger partial charge >= 0.3 is 0 Å². The number of amides is 2. The van der Waals surface area contributed by atoms with E-state index in [0.29, 0.717) is 24.2 Å². The topological polar surface area (TPSA) is 57.2 Å². The third-order valence-corrected chi connectivity index (χ3v) is 3.60. The molecule has 0 aliphatic carbocycles. The van der Waals surface area contributed by atoms with Crippen molar-refractivity contribution >= 4 is 29.1 Å². The molecule has 2 rings (SSSR count). The van der Waals surface area contributed by atoms with E-state index in [2.05, 4.69) is 13.8 Å². The summed E-state index contributed by atoms with van der Waals surface area (Å²) < 4.78 is 0. The molecule has 2 amide bonds. The van der Waals surface area contributed by atoms with Crippen LogP contribution in [0, 0.1) is 5.92 Å². The van der Waals surface area contributed by atoms with Gasteiger partial charge in [0.1, 0.15) is 13.2 Å². The van der Waals surface area contributed by atoms with E-state index in [1.54, 1.807) is 28.0 Å². The zero-order chi connectivity index (χ0) is 15.4. The van der Waals surface area contributed by atoms with E-state index < -0.39 is 0 Å². The predicted octanol–water partition coefficient (Wildman–Crippen LogP) is 0.692. The Labute approximate surface area is 129 Å². The van der Waals surface area contributed by atoms with Gasteiger partial charge in [0.2, 0.25) is 5.91 Å². The summed E-state index contributed by atoms with van der Waals surface area (Å²) in [5, 5.41) is 2.56.